The van der Waals surface area contributed by atoms with Gasteiger partial charge in [0.05, 0.1) is 22.9 Å². The number of carbonyl (C=O) groups excluding carboxylic acids is 4. The molecule has 0 unspecified atom stereocenters. The van der Waals surface area contributed by atoms with Crippen LogP contribution in [0.5, 0.6) is 0 Å². The maximum absolute atomic E-state index is 14.3. The van der Waals surface area contributed by atoms with E-state index in [1.165, 1.54) is 4.90 Å². The molecule has 3 aromatic rings. The number of benzene rings is 3. The van der Waals surface area contributed by atoms with Gasteiger partial charge < -0.3 is 5.32 Å². The van der Waals surface area contributed by atoms with Gasteiger partial charge in [-0.05, 0) is 47.7 Å². The molecule has 3 aromatic carbocycles. The highest BCUT2D eigenvalue weighted by Gasteiger charge is 2.68. The minimum atomic E-state index is -1.12. The zero-order valence-electron chi connectivity index (χ0n) is 21.7. The van der Waals surface area contributed by atoms with Crippen molar-refractivity contribution in [1.82, 2.24) is 10.7 Å². The molecule has 1 fully saturated rings. The molecular weight excluding hydrogens is 492 g/mol. The molecule has 2 atom stereocenters. The van der Waals surface area contributed by atoms with Crippen LogP contribution in [-0.2, 0) is 24.6 Å². The Morgan fingerprint density at radius 1 is 0.897 bits per heavy atom. The van der Waals surface area contributed by atoms with Crippen LogP contribution in [0.3, 0.4) is 0 Å². The Kier molecular flexibility index (Phi) is 5.90. The van der Waals surface area contributed by atoms with E-state index in [2.05, 4.69) is 15.8 Å². The molecule has 3 aliphatic carbocycles. The van der Waals surface area contributed by atoms with Crippen molar-refractivity contribution in [3.8, 4) is 0 Å². The standard InChI is InChI=1S/C31H28N4O4/c1-3-16-32-27(36)28(37)34-33-17-31-22-10-6-4-8-20(22)24(21-9-5-7-11-23(21)31)25-26(31)30(39)35(29(25)38)19-14-12-18(2)13-15-19/h4-15,17,24-26H,3,16H2,1-2H3,(H,32,36)(H,34,37)/b33-17-/t24?,25-,26-,31?/m0/s1. The van der Waals surface area contributed by atoms with Crippen LogP contribution in [0.2, 0.25) is 0 Å². The van der Waals surface area contributed by atoms with Gasteiger partial charge in [-0.3, -0.25) is 19.2 Å². The highest BCUT2D eigenvalue weighted by atomic mass is 16.2. The number of anilines is 1. The molecule has 2 bridgehead atoms. The third kappa shape index (κ3) is 3.55. The smallest absolute Gasteiger partial charge is 0.329 e. The maximum Gasteiger partial charge on any atom is 0.329 e. The van der Waals surface area contributed by atoms with E-state index in [1.54, 1.807) is 18.3 Å². The van der Waals surface area contributed by atoms with Crippen molar-refractivity contribution >= 4 is 35.5 Å². The molecule has 7 rings (SSSR count). The Morgan fingerprint density at radius 3 is 2.13 bits per heavy atom. The number of amides is 4. The van der Waals surface area contributed by atoms with E-state index >= 15 is 0 Å². The first-order chi connectivity index (χ1) is 18.9. The van der Waals surface area contributed by atoms with Gasteiger partial charge >= 0.3 is 11.8 Å². The zero-order chi connectivity index (χ0) is 27.3. The maximum atomic E-state index is 14.3. The number of hydrazone groups is 1. The van der Waals surface area contributed by atoms with Crippen LogP contribution < -0.4 is 15.6 Å². The first-order valence-corrected chi connectivity index (χ1v) is 13.2. The lowest BCUT2D eigenvalue weighted by molar-refractivity contribution is -0.139. The molecular formula is C31H28N4O4. The molecule has 2 N–H and O–H groups in total. The highest BCUT2D eigenvalue weighted by Crippen LogP contribution is 2.63. The highest BCUT2D eigenvalue weighted by molar-refractivity contribution is 6.35. The van der Waals surface area contributed by atoms with Crippen molar-refractivity contribution in [1.29, 1.82) is 0 Å². The van der Waals surface area contributed by atoms with Crippen LogP contribution in [0.25, 0.3) is 0 Å². The fraction of sp³-hybridized carbons (Fsp3) is 0.258. The first-order valence-electron chi connectivity index (χ1n) is 13.2. The average Bonchev–Trinajstić information content (AvgIpc) is 3.23. The second-order valence-corrected chi connectivity index (χ2v) is 10.3. The van der Waals surface area contributed by atoms with Crippen molar-refractivity contribution in [2.45, 2.75) is 31.6 Å². The molecule has 1 aliphatic heterocycles. The molecule has 4 aliphatic rings. The number of carbonyl (C=O) groups is 4. The van der Waals surface area contributed by atoms with E-state index in [9.17, 15) is 19.2 Å². The third-order valence-corrected chi connectivity index (χ3v) is 8.15. The number of hydrogen-bond acceptors (Lipinski definition) is 5. The Balaban J connectivity index is 1.51. The van der Waals surface area contributed by atoms with Crippen molar-refractivity contribution in [2.24, 2.45) is 16.9 Å². The lowest BCUT2D eigenvalue weighted by Gasteiger charge is -2.52. The van der Waals surface area contributed by atoms with E-state index in [4.69, 9.17) is 0 Å². The molecule has 8 nitrogen and oxygen atoms in total. The van der Waals surface area contributed by atoms with Crippen molar-refractivity contribution in [3.63, 3.8) is 0 Å². The van der Waals surface area contributed by atoms with Gasteiger partial charge in [0.25, 0.3) is 0 Å². The van der Waals surface area contributed by atoms with Gasteiger partial charge in [-0.25, -0.2) is 10.3 Å². The van der Waals surface area contributed by atoms with Crippen LogP contribution in [0, 0.1) is 18.8 Å². The lowest BCUT2D eigenvalue weighted by Crippen LogP contribution is -2.55. The number of hydrogen-bond donors (Lipinski definition) is 2. The molecule has 0 aromatic heterocycles. The van der Waals surface area contributed by atoms with E-state index in [0.717, 1.165) is 27.8 Å². The van der Waals surface area contributed by atoms with E-state index in [1.807, 2.05) is 74.5 Å². The van der Waals surface area contributed by atoms with Crippen LogP contribution in [0.1, 0.15) is 47.1 Å². The minimum Gasteiger partial charge on any atom is -0.348 e. The average molecular weight is 521 g/mol. The normalized spacial score (nSPS) is 24.4. The summed E-state index contributed by atoms with van der Waals surface area (Å²) in [5.74, 6) is -3.93. The van der Waals surface area contributed by atoms with Gasteiger partial charge in [-0.2, -0.15) is 5.10 Å². The van der Waals surface area contributed by atoms with Crippen LogP contribution >= 0.6 is 0 Å². The van der Waals surface area contributed by atoms with Gasteiger partial charge in [0.2, 0.25) is 11.8 Å². The van der Waals surface area contributed by atoms with Crippen LogP contribution in [-0.4, -0.2) is 36.4 Å². The summed E-state index contributed by atoms with van der Waals surface area (Å²) in [6.45, 7) is 4.21. The number of imide groups is 1. The molecule has 39 heavy (non-hydrogen) atoms. The Bertz CT molecular complexity index is 1500. The molecule has 0 radical (unpaired) electrons. The number of aryl methyl sites for hydroxylation is 1. The second-order valence-electron chi connectivity index (χ2n) is 10.3. The van der Waals surface area contributed by atoms with Crippen molar-refractivity contribution in [3.05, 3.63) is 101 Å². The largest absolute Gasteiger partial charge is 0.348 e. The van der Waals surface area contributed by atoms with E-state index in [0.29, 0.717) is 18.7 Å². The summed E-state index contributed by atoms with van der Waals surface area (Å²) >= 11 is 0. The predicted molar refractivity (Wildman–Crippen MR) is 146 cm³/mol. The number of rotatable bonds is 5. The Labute approximate surface area is 226 Å². The molecule has 1 saturated heterocycles. The van der Waals surface area contributed by atoms with Gasteiger partial charge in [0.15, 0.2) is 0 Å². The zero-order valence-corrected chi connectivity index (χ0v) is 21.7. The molecule has 4 amide bonds. The lowest BCUT2D eigenvalue weighted by atomic mass is 9.47. The van der Waals surface area contributed by atoms with E-state index in [-0.39, 0.29) is 17.7 Å². The summed E-state index contributed by atoms with van der Waals surface area (Å²) in [4.78, 5) is 54.2. The van der Waals surface area contributed by atoms with Crippen molar-refractivity contribution in [2.75, 3.05) is 11.4 Å². The predicted octanol–water partition coefficient (Wildman–Crippen LogP) is 3.17. The topological polar surface area (TPSA) is 108 Å². The second kappa shape index (κ2) is 9.31. The molecule has 1 heterocycles. The van der Waals surface area contributed by atoms with Gasteiger partial charge in [0, 0.05) is 18.7 Å². The summed E-state index contributed by atoms with van der Waals surface area (Å²) in [5.41, 5.74) is 6.44. The summed E-state index contributed by atoms with van der Waals surface area (Å²) in [7, 11) is 0. The van der Waals surface area contributed by atoms with Gasteiger partial charge in [-0.15, -0.1) is 0 Å². The Morgan fingerprint density at radius 2 is 1.51 bits per heavy atom. The summed E-state index contributed by atoms with van der Waals surface area (Å²) < 4.78 is 0. The van der Waals surface area contributed by atoms with Gasteiger partial charge in [0.1, 0.15) is 0 Å². The van der Waals surface area contributed by atoms with Crippen molar-refractivity contribution < 1.29 is 19.2 Å². The van der Waals surface area contributed by atoms with Crippen LogP contribution in [0.4, 0.5) is 5.69 Å². The molecule has 0 spiro atoms. The summed E-state index contributed by atoms with van der Waals surface area (Å²) in [6.07, 6.45) is 2.24. The first kappa shape index (κ1) is 24.7. The van der Waals surface area contributed by atoms with E-state index < -0.39 is 29.1 Å². The SMILES string of the molecule is CCCNC(=O)C(=O)N/N=C\C12c3ccccc3C(c3ccccc31)[C@@H]1C(=O)N(c3ccc(C)cc3)C(=O)[C@H]12. The number of nitrogens with one attached hydrogen (secondary N) is 2. The summed E-state index contributed by atoms with van der Waals surface area (Å²) in [6, 6.07) is 22.9. The van der Waals surface area contributed by atoms with Gasteiger partial charge in [-0.1, -0.05) is 73.2 Å². The fourth-order valence-electron chi connectivity index (χ4n) is 6.56. The quantitative estimate of drug-likeness (QED) is 0.233. The molecule has 8 heteroatoms. The minimum absolute atomic E-state index is 0.247. The molecule has 0 saturated carbocycles. The summed E-state index contributed by atoms with van der Waals surface area (Å²) in [5, 5.41) is 6.78. The Hall–Kier alpha value is -4.59. The third-order valence-electron chi connectivity index (χ3n) is 8.15. The monoisotopic (exact) mass is 520 g/mol. The number of nitrogens with zero attached hydrogens (tertiary/aromatic N) is 2. The molecule has 196 valence electrons. The van der Waals surface area contributed by atoms with Crippen LogP contribution in [0.15, 0.2) is 77.9 Å². The fourth-order valence-corrected chi connectivity index (χ4v) is 6.56.